The SMILES string of the molecule is CCC(C)(CNC1CC1)CN1CC(CO)OCC1C. The zero-order valence-electron chi connectivity index (χ0n) is 12.7. The number of ether oxygens (including phenoxy) is 1. The zero-order chi connectivity index (χ0) is 13.9. The molecule has 1 saturated carbocycles. The average molecular weight is 270 g/mol. The smallest absolute Gasteiger partial charge is 0.0933 e. The Hall–Kier alpha value is -0.160. The normalized spacial score (nSPS) is 32.2. The Labute approximate surface area is 117 Å². The highest BCUT2D eigenvalue weighted by Gasteiger charge is 2.33. The summed E-state index contributed by atoms with van der Waals surface area (Å²) in [6.45, 7) is 10.8. The van der Waals surface area contributed by atoms with Crippen LogP contribution in [0.1, 0.15) is 40.0 Å². The van der Waals surface area contributed by atoms with Crippen LogP contribution < -0.4 is 5.32 Å². The molecule has 0 aromatic heterocycles. The lowest BCUT2D eigenvalue weighted by Gasteiger charge is -2.42. The third kappa shape index (κ3) is 4.42. The second-order valence-corrected chi connectivity index (χ2v) is 6.74. The van der Waals surface area contributed by atoms with E-state index in [9.17, 15) is 5.11 Å². The van der Waals surface area contributed by atoms with E-state index >= 15 is 0 Å². The van der Waals surface area contributed by atoms with Gasteiger partial charge in [-0.05, 0) is 31.6 Å². The van der Waals surface area contributed by atoms with Crippen molar-refractivity contribution in [1.82, 2.24) is 10.2 Å². The molecule has 0 aromatic rings. The fourth-order valence-electron chi connectivity index (χ4n) is 2.67. The number of aliphatic hydroxyl groups excluding tert-OH is 1. The van der Waals surface area contributed by atoms with Gasteiger partial charge in [0.05, 0.1) is 19.3 Å². The van der Waals surface area contributed by atoms with Gasteiger partial charge in [0.1, 0.15) is 0 Å². The van der Waals surface area contributed by atoms with Crippen LogP contribution in [-0.4, -0.2) is 61.0 Å². The van der Waals surface area contributed by atoms with Gasteiger partial charge in [0.15, 0.2) is 0 Å². The van der Waals surface area contributed by atoms with Gasteiger partial charge >= 0.3 is 0 Å². The summed E-state index contributed by atoms with van der Waals surface area (Å²) in [5.41, 5.74) is 0.314. The van der Waals surface area contributed by atoms with Crippen molar-refractivity contribution in [3.8, 4) is 0 Å². The number of hydrogen-bond donors (Lipinski definition) is 2. The standard InChI is InChI=1S/C15H30N2O2/c1-4-15(3,10-16-13-5-6-13)11-17-7-14(8-18)19-9-12(17)2/h12-14,16,18H,4-11H2,1-3H3. The Morgan fingerprint density at radius 1 is 1.42 bits per heavy atom. The monoisotopic (exact) mass is 270 g/mol. The quantitative estimate of drug-likeness (QED) is 0.730. The van der Waals surface area contributed by atoms with E-state index < -0.39 is 0 Å². The van der Waals surface area contributed by atoms with Crippen LogP contribution in [0.3, 0.4) is 0 Å². The first kappa shape index (κ1) is 15.2. The van der Waals surface area contributed by atoms with Gasteiger partial charge in [0, 0.05) is 31.7 Å². The van der Waals surface area contributed by atoms with Crippen LogP contribution in [0.25, 0.3) is 0 Å². The number of nitrogens with zero attached hydrogens (tertiary/aromatic N) is 1. The van der Waals surface area contributed by atoms with Crippen molar-refractivity contribution in [2.24, 2.45) is 5.41 Å². The number of hydrogen-bond acceptors (Lipinski definition) is 4. The molecule has 3 atom stereocenters. The lowest BCUT2D eigenvalue weighted by atomic mass is 9.86. The Bertz CT molecular complexity index is 283. The summed E-state index contributed by atoms with van der Waals surface area (Å²) in [7, 11) is 0. The van der Waals surface area contributed by atoms with Crippen molar-refractivity contribution in [1.29, 1.82) is 0 Å². The van der Waals surface area contributed by atoms with Crippen LogP contribution in [0.5, 0.6) is 0 Å². The summed E-state index contributed by atoms with van der Waals surface area (Å²) in [6.07, 6.45) is 3.87. The highest BCUT2D eigenvalue weighted by Crippen LogP contribution is 2.27. The van der Waals surface area contributed by atoms with Crippen molar-refractivity contribution >= 4 is 0 Å². The van der Waals surface area contributed by atoms with Gasteiger partial charge in [-0.1, -0.05) is 13.8 Å². The molecule has 0 bridgehead atoms. The van der Waals surface area contributed by atoms with Gasteiger partial charge in [-0.3, -0.25) is 4.90 Å². The van der Waals surface area contributed by atoms with Gasteiger partial charge in [0.2, 0.25) is 0 Å². The molecule has 4 nitrogen and oxygen atoms in total. The maximum Gasteiger partial charge on any atom is 0.0933 e. The molecule has 3 unspecified atom stereocenters. The van der Waals surface area contributed by atoms with E-state index in [1.807, 2.05) is 0 Å². The third-order valence-electron chi connectivity index (χ3n) is 4.67. The van der Waals surface area contributed by atoms with Crippen LogP contribution >= 0.6 is 0 Å². The molecule has 1 aliphatic carbocycles. The van der Waals surface area contributed by atoms with Crippen LogP contribution in [0.2, 0.25) is 0 Å². The van der Waals surface area contributed by atoms with Crippen molar-refractivity contribution < 1.29 is 9.84 Å². The van der Waals surface area contributed by atoms with E-state index in [1.165, 1.54) is 19.3 Å². The van der Waals surface area contributed by atoms with Crippen molar-refractivity contribution in [3.63, 3.8) is 0 Å². The maximum atomic E-state index is 9.27. The molecule has 2 rings (SSSR count). The molecule has 0 amide bonds. The molecule has 2 aliphatic rings. The Kier molecular flexibility index (Phi) is 5.23. The molecule has 0 radical (unpaired) electrons. The van der Waals surface area contributed by atoms with Gasteiger partial charge in [-0.15, -0.1) is 0 Å². The fourth-order valence-corrected chi connectivity index (χ4v) is 2.67. The topological polar surface area (TPSA) is 44.7 Å². The third-order valence-corrected chi connectivity index (χ3v) is 4.67. The van der Waals surface area contributed by atoms with E-state index in [-0.39, 0.29) is 12.7 Å². The maximum absolute atomic E-state index is 9.27. The molecule has 0 aromatic carbocycles. The summed E-state index contributed by atoms with van der Waals surface area (Å²) in [4.78, 5) is 2.49. The largest absolute Gasteiger partial charge is 0.394 e. The minimum Gasteiger partial charge on any atom is -0.394 e. The van der Waals surface area contributed by atoms with E-state index in [0.717, 1.165) is 32.3 Å². The molecule has 112 valence electrons. The Balaban J connectivity index is 1.86. The minimum atomic E-state index is -0.00584. The van der Waals surface area contributed by atoms with Crippen molar-refractivity contribution in [2.45, 2.75) is 58.2 Å². The molecule has 1 saturated heterocycles. The van der Waals surface area contributed by atoms with Crippen LogP contribution in [0.4, 0.5) is 0 Å². The highest BCUT2D eigenvalue weighted by atomic mass is 16.5. The Morgan fingerprint density at radius 2 is 2.16 bits per heavy atom. The van der Waals surface area contributed by atoms with Gasteiger partial charge < -0.3 is 15.2 Å². The number of nitrogens with one attached hydrogen (secondary N) is 1. The predicted octanol–water partition coefficient (Wildman–Crippen LogP) is 1.24. The highest BCUT2D eigenvalue weighted by molar-refractivity contribution is 4.89. The summed E-state index contributed by atoms with van der Waals surface area (Å²) in [6, 6.07) is 1.23. The average Bonchev–Trinajstić information content (AvgIpc) is 3.23. The Morgan fingerprint density at radius 3 is 2.74 bits per heavy atom. The number of rotatable bonds is 7. The lowest BCUT2D eigenvalue weighted by molar-refractivity contribution is -0.0871. The molecule has 1 heterocycles. The van der Waals surface area contributed by atoms with Crippen molar-refractivity contribution in [2.75, 3.05) is 32.8 Å². The van der Waals surface area contributed by atoms with E-state index in [1.54, 1.807) is 0 Å². The molecular weight excluding hydrogens is 240 g/mol. The molecule has 0 spiro atoms. The summed E-state index contributed by atoms with van der Waals surface area (Å²) in [5, 5.41) is 12.9. The van der Waals surface area contributed by atoms with Crippen LogP contribution in [0.15, 0.2) is 0 Å². The first-order chi connectivity index (χ1) is 9.06. The molecule has 19 heavy (non-hydrogen) atoms. The summed E-state index contributed by atoms with van der Waals surface area (Å²) >= 11 is 0. The summed E-state index contributed by atoms with van der Waals surface area (Å²) in [5.74, 6) is 0. The van der Waals surface area contributed by atoms with Crippen molar-refractivity contribution in [3.05, 3.63) is 0 Å². The number of morpholine rings is 1. The molecule has 4 heteroatoms. The first-order valence-electron chi connectivity index (χ1n) is 7.76. The second kappa shape index (κ2) is 6.53. The zero-order valence-corrected chi connectivity index (χ0v) is 12.7. The van der Waals surface area contributed by atoms with Gasteiger partial charge in [-0.25, -0.2) is 0 Å². The van der Waals surface area contributed by atoms with E-state index in [0.29, 0.717) is 11.5 Å². The second-order valence-electron chi connectivity index (χ2n) is 6.74. The molecule has 1 aliphatic heterocycles. The molecule has 2 fully saturated rings. The molecular formula is C15H30N2O2. The fraction of sp³-hybridized carbons (Fsp3) is 1.00. The van der Waals surface area contributed by atoms with Crippen LogP contribution in [0, 0.1) is 5.41 Å². The lowest BCUT2D eigenvalue weighted by Crippen LogP contribution is -2.54. The van der Waals surface area contributed by atoms with E-state index in [4.69, 9.17) is 4.74 Å². The summed E-state index contributed by atoms with van der Waals surface area (Å²) < 4.78 is 5.62. The molecule has 2 N–H and O–H groups in total. The van der Waals surface area contributed by atoms with Crippen LogP contribution in [-0.2, 0) is 4.74 Å². The van der Waals surface area contributed by atoms with Gasteiger partial charge in [0.25, 0.3) is 0 Å². The first-order valence-corrected chi connectivity index (χ1v) is 7.76. The number of aliphatic hydroxyl groups is 1. The minimum absolute atomic E-state index is 0.00584. The predicted molar refractivity (Wildman–Crippen MR) is 77.3 cm³/mol. The van der Waals surface area contributed by atoms with E-state index in [2.05, 4.69) is 31.0 Å². The van der Waals surface area contributed by atoms with Gasteiger partial charge in [-0.2, -0.15) is 0 Å².